The van der Waals surface area contributed by atoms with E-state index in [4.69, 9.17) is 9.26 Å². The maximum Gasteiger partial charge on any atom is 0.323 e. The van der Waals surface area contributed by atoms with Crippen molar-refractivity contribution in [3.63, 3.8) is 0 Å². The number of aromatic amines is 2. The van der Waals surface area contributed by atoms with Crippen LogP contribution >= 0.6 is 0 Å². The summed E-state index contributed by atoms with van der Waals surface area (Å²) in [6.07, 6.45) is 0. The van der Waals surface area contributed by atoms with E-state index in [9.17, 15) is 9.59 Å². The fraction of sp³-hybridized carbons (Fsp3) is 0.312. The monoisotopic (exact) mass is 343 g/mol. The van der Waals surface area contributed by atoms with Gasteiger partial charge < -0.3 is 29.4 Å². The van der Waals surface area contributed by atoms with E-state index in [1.54, 1.807) is 12.1 Å². The van der Waals surface area contributed by atoms with Crippen molar-refractivity contribution in [2.45, 2.75) is 6.54 Å². The molecule has 0 aliphatic carbocycles. The maximum atomic E-state index is 12.2. The van der Waals surface area contributed by atoms with Crippen LogP contribution in [0, 0.1) is 0 Å². The average Bonchev–Trinajstić information content (AvgIpc) is 3.26. The standard InChI is InChI=1S/C16H17N5O4/c22-15(13-8-14(20-25-13)21-3-5-24-6-4-21)17-9-10-1-2-11-12(7-10)19-16(23)18-11/h1-2,7-8H,3-6,9H2,(H,17,22)(H2,18,19,23). The summed E-state index contributed by atoms with van der Waals surface area (Å²) in [4.78, 5) is 30.9. The molecule has 4 rings (SSSR count). The zero-order valence-electron chi connectivity index (χ0n) is 13.4. The molecule has 0 unspecified atom stereocenters. The first-order chi connectivity index (χ1) is 12.2. The molecule has 1 aromatic carbocycles. The van der Waals surface area contributed by atoms with Gasteiger partial charge in [-0.15, -0.1) is 0 Å². The van der Waals surface area contributed by atoms with Crippen molar-refractivity contribution in [3.8, 4) is 0 Å². The Kier molecular flexibility index (Phi) is 3.98. The van der Waals surface area contributed by atoms with Crippen LogP contribution in [0.3, 0.4) is 0 Å². The Labute approximate surface area is 141 Å². The molecule has 1 aliphatic heterocycles. The van der Waals surface area contributed by atoms with Gasteiger partial charge in [-0.2, -0.15) is 0 Å². The summed E-state index contributed by atoms with van der Waals surface area (Å²) in [6.45, 7) is 3.04. The van der Waals surface area contributed by atoms with Crippen LogP contribution in [-0.4, -0.2) is 47.3 Å². The van der Waals surface area contributed by atoms with Gasteiger partial charge >= 0.3 is 5.69 Å². The number of aromatic nitrogens is 3. The molecule has 3 aromatic rings. The second kappa shape index (κ2) is 6.44. The maximum absolute atomic E-state index is 12.2. The predicted molar refractivity (Wildman–Crippen MR) is 89.6 cm³/mol. The van der Waals surface area contributed by atoms with Crippen LogP contribution in [0.4, 0.5) is 5.82 Å². The molecular formula is C16H17N5O4. The number of benzene rings is 1. The molecule has 1 aliphatic rings. The van der Waals surface area contributed by atoms with Gasteiger partial charge in [0.15, 0.2) is 5.82 Å². The molecule has 9 heteroatoms. The van der Waals surface area contributed by atoms with Gasteiger partial charge in [0.05, 0.1) is 24.2 Å². The number of nitrogens with one attached hydrogen (secondary N) is 3. The molecule has 3 heterocycles. The van der Waals surface area contributed by atoms with Crippen molar-refractivity contribution < 1.29 is 14.1 Å². The van der Waals surface area contributed by atoms with E-state index in [0.29, 0.717) is 31.1 Å². The number of morpholine rings is 1. The van der Waals surface area contributed by atoms with Crippen LogP contribution in [0.1, 0.15) is 16.1 Å². The van der Waals surface area contributed by atoms with Crippen LogP contribution < -0.4 is 15.9 Å². The summed E-state index contributed by atoms with van der Waals surface area (Å²) in [6, 6.07) is 7.08. The number of carbonyl (C=O) groups is 1. The number of rotatable bonds is 4. The minimum absolute atomic E-state index is 0.164. The molecule has 130 valence electrons. The normalized spacial score (nSPS) is 14.8. The van der Waals surface area contributed by atoms with Crippen molar-refractivity contribution in [1.82, 2.24) is 20.4 Å². The number of anilines is 1. The third-order valence-electron chi connectivity index (χ3n) is 4.09. The van der Waals surface area contributed by atoms with Gasteiger partial charge in [-0.05, 0) is 17.7 Å². The van der Waals surface area contributed by atoms with Crippen LogP contribution in [0.25, 0.3) is 11.0 Å². The topological polar surface area (TPSA) is 116 Å². The molecule has 0 bridgehead atoms. The van der Waals surface area contributed by atoms with E-state index in [-0.39, 0.29) is 17.4 Å². The average molecular weight is 343 g/mol. The molecule has 9 nitrogen and oxygen atoms in total. The summed E-state index contributed by atoms with van der Waals surface area (Å²) in [7, 11) is 0. The fourth-order valence-corrected chi connectivity index (χ4v) is 2.77. The Hall–Kier alpha value is -3.07. The van der Waals surface area contributed by atoms with Gasteiger partial charge in [0.1, 0.15) is 0 Å². The predicted octanol–water partition coefficient (Wildman–Crippen LogP) is 0.611. The fourth-order valence-electron chi connectivity index (χ4n) is 2.77. The molecule has 0 atom stereocenters. The molecule has 1 fully saturated rings. The van der Waals surface area contributed by atoms with Crippen LogP contribution in [0.5, 0.6) is 0 Å². The van der Waals surface area contributed by atoms with Gasteiger partial charge in [-0.3, -0.25) is 4.79 Å². The third-order valence-corrected chi connectivity index (χ3v) is 4.09. The van der Waals surface area contributed by atoms with Crippen LogP contribution in [0.2, 0.25) is 0 Å². The molecule has 3 N–H and O–H groups in total. The van der Waals surface area contributed by atoms with E-state index in [1.165, 1.54) is 0 Å². The minimum Gasteiger partial charge on any atom is -0.378 e. The number of hydrogen-bond donors (Lipinski definition) is 3. The lowest BCUT2D eigenvalue weighted by molar-refractivity contribution is 0.0913. The Morgan fingerprint density at radius 3 is 2.84 bits per heavy atom. The molecule has 1 amide bonds. The Morgan fingerprint density at radius 2 is 2.00 bits per heavy atom. The second-order valence-corrected chi connectivity index (χ2v) is 5.79. The molecule has 2 aromatic heterocycles. The lowest BCUT2D eigenvalue weighted by atomic mass is 10.2. The van der Waals surface area contributed by atoms with E-state index >= 15 is 0 Å². The first-order valence-electron chi connectivity index (χ1n) is 7.97. The van der Waals surface area contributed by atoms with Crippen molar-refractivity contribution in [2.24, 2.45) is 0 Å². The summed E-state index contributed by atoms with van der Waals surface area (Å²) in [5.41, 5.74) is 2.04. The number of carbonyl (C=O) groups excluding carboxylic acids is 1. The SMILES string of the molecule is O=C(NCc1ccc2[nH]c(=O)[nH]c2c1)c1cc(N2CCOCC2)no1. The third kappa shape index (κ3) is 3.26. The van der Waals surface area contributed by atoms with Gasteiger partial charge in [0.25, 0.3) is 5.91 Å². The van der Waals surface area contributed by atoms with Gasteiger partial charge in [0, 0.05) is 25.7 Å². The summed E-state index contributed by atoms with van der Waals surface area (Å²) >= 11 is 0. The van der Waals surface area contributed by atoms with Gasteiger partial charge in [0.2, 0.25) is 5.76 Å². The summed E-state index contributed by atoms with van der Waals surface area (Å²) < 4.78 is 10.4. The number of ether oxygens (including phenoxy) is 1. The smallest absolute Gasteiger partial charge is 0.323 e. The highest BCUT2D eigenvalue weighted by Gasteiger charge is 2.18. The summed E-state index contributed by atoms with van der Waals surface area (Å²) in [5, 5.41) is 6.74. The number of fused-ring (bicyclic) bond motifs is 1. The largest absolute Gasteiger partial charge is 0.378 e. The molecule has 0 radical (unpaired) electrons. The van der Waals surface area contributed by atoms with Crippen LogP contribution in [0.15, 0.2) is 33.6 Å². The molecule has 0 saturated carbocycles. The van der Waals surface area contributed by atoms with Crippen LogP contribution in [-0.2, 0) is 11.3 Å². The van der Waals surface area contributed by atoms with Crippen molar-refractivity contribution in [1.29, 1.82) is 0 Å². The number of H-pyrrole nitrogens is 2. The minimum atomic E-state index is -0.338. The van der Waals surface area contributed by atoms with Crippen molar-refractivity contribution in [3.05, 3.63) is 46.1 Å². The Bertz CT molecular complexity index is 951. The van der Waals surface area contributed by atoms with E-state index in [2.05, 4.69) is 20.4 Å². The van der Waals surface area contributed by atoms with Crippen molar-refractivity contribution >= 4 is 22.8 Å². The van der Waals surface area contributed by atoms with Crippen molar-refractivity contribution in [2.75, 3.05) is 31.2 Å². The number of nitrogens with zero attached hydrogens (tertiary/aromatic N) is 2. The molecular weight excluding hydrogens is 326 g/mol. The lowest BCUT2D eigenvalue weighted by Crippen LogP contribution is -2.36. The summed E-state index contributed by atoms with van der Waals surface area (Å²) in [5.74, 6) is 0.465. The number of amides is 1. The second-order valence-electron chi connectivity index (χ2n) is 5.79. The lowest BCUT2D eigenvalue weighted by Gasteiger charge is -2.25. The van der Waals surface area contributed by atoms with E-state index < -0.39 is 0 Å². The molecule has 1 saturated heterocycles. The number of hydrogen-bond acceptors (Lipinski definition) is 6. The Morgan fingerprint density at radius 1 is 1.20 bits per heavy atom. The molecule has 0 spiro atoms. The highest BCUT2D eigenvalue weighted by molar-refractivity contribution is 5.92. The van der Waals surface area contributed by atoms with Gasteiger partial charge in [-0.1, -0.05) is 11.2 Å². The molecule has 25 heavy (non-hydrogen) atoms. The first-order valence-corrected chi connectivity index (χ1v) is 7.97. The zero-order chi connectivity index (χ0) is 17.2. The van der Waals surface area contributed by atoms with E-state index in [1.807, 2.05) is 17.0 Å². The van der Waals surface area contributed by atoms with E-state index in [0.717, 1.165) is 24.2 Å². The quantitative estimate of drug-likeness (QED) is 0.639. The first kappa shape index (κ1) is 15.5. The van der Waals surface area contributed by atoms with Gasteiger partial charge in [-0.25, -0.2) is 4.79 Å². The highest BCUT2D eigenvalue weighted by Crippen LogP contribution is 2.16. The number of imidazole rings is 1. The Balaban J connectivity index is 1.41. The zero-order valence-corrected chi connectivity index (χ0v) is 13.4. The highest BCUT2D eigenvalue weighted by atomic mass is 16.5.